The van der Waals surface area contributed by atoms with Crippen LogP contribution in [0.15, 0.2) is 52.3 Å². The number of rotatable bonds is 7. The van der Waals surface area contributed by atoms with Gasteiger partial charge in [-0.25, -0.2) is 8.42 Å². The summed E-state index contributed by atoms with van der Waals surface area (Å²) in [5, 5.41) is 2.49. The Hall–Kier alpha value is -2.03. The fraction of sp³-hybridized carbons (Fsp3) is 0.278. The van der Waals surface area contributed by atoms with Gasteiger partial charge in [0, 0.05) is 25.5 Å². The first-order valence-electron chi connectivity index (χ1n) is 7.83. The molecule has 0 atom stereocenters. The third kappa shape index (κ3) is 4.38. The Morgan fingerprint density at radius 2 is 1.85 bits per heavy atom. The number of sulfonamides is 1. The molecular weight excluding hydrogens is 372 g/mol. The molecule has 140 valence electrons. The van der Waals surface area contributed by atoms with Crippen LogP contribution in [0.1, 0.15) is 15.9 Å². The smallest absolute Gasteiger partial charge is 0.254 e. The van der Waals surface area contributed by atoms with E-state index in [2.05, 4.69) is 5.32 Å². The summed E-state index contributed by atoms with van der Waals surface area (Å²) < 4.78 is 32.1. The van der Waals surface area contributed by atoms with Crippen molar-refractivity contribution < 1.29 is 17.9 Å². The second-order valence-corrected chi connectivity index (χ2v) is 8.47. The monoisotopic (exact) mass is 394 g/mol. The van der Waals surface area contributed by atoms with Gasteiger partial charge in [-0.2, -0.15) is 4.31 Å². The van der Waals surface area contributed by atoms with Gasteiger partial charge >= 0.3 is 0 Å². The third-order valence-electron chi connectivity index (χ3n) is 3.92. The molecule has 6 nitrogen and oxygen atoms in total. The number of methoxy groups -OCH3 is 1. The second kappa shape index (κ2) is 8.57. The minimum Gasteiger partial charge on any atom is -0.496 e. The first-order chi connectivity index (χ1) is 12.3. The van der Waals surface area contributed by atoms with Gasteiger partial charge in [-0.1, -0.05) is 12.1 Å². The maximum atomic E-state index is 12.9. The van der Waals surface area contributed by atoms with E-state index < -0.39 is 15.9 Å². The van der Waals surface area contributed by atoms with Crippen LogP contribution in [0.25, 0.3) is 0 Å². The third-order valence-corrected chi connectivity index (χ3v) is 6.46. The molecule has 0 aromatic heterocycles. The van der Waals surface area contributed by atoms with E-state index >= 15 is 0 Å². The lowest BCUT2D eigenvalue weighted by atomic mass is 10.2. The maximum absolute atomic E-state index is 12.9. The predicted molar refractivity (Wildman–Crippen MR) is 103 cm³/mol. The highest BCUT2D eigenvalue weighted by Crippen LogP contribution is 2.25. The van der Waals surface area contributed by atoms with E-state index in [1.807, 2.05) is 30.5 Å². The van der Waals surface area contributed by atoms with Crippen molar-refractivity contribution in [2.75, 3.05) is 27.5 Å². The van der Waals surface area contributed by atoms with E-state index in [-0.39, 0.29) is 17.0 Å². The minimum absolute atomic E-state index is 0.0418. The molecular formula is C18H22N2O4S2. The predicted octanol–water partition coefficient (Wildman–Crippen LogP) is 2.60. The quantitative estimate of drug-likeness (QED) is 0.731. The van der Waals surface area contributed by atoms with Crippen molar-refractivity contribution in [2.45, 2.75) is 16.3 Å². The van der Waals surface area contributed by atoms with Crippen molar-refractivity contribution in [3.63, 3.8) is 0 Å². The number of benzene rings is 2. The fourth-order valence-electron chi connectivity index (χ4n) is 2.41. The number of thioether (sulfide) groups is 1. The van der Waals surface area contributed by atoms with Gasteiger partial charge in [-0.05, 0) is 42.2 Å². The summed E-state index contributed by atoms with van der Waals surface area (Å²) in [6.07, 6.45) is 1.99. The summed E-state index contributed by atoms with van der Waals surface area (Å²) in [7, 11) is 0.676. The molecule has 0 saturated carbocycles. The van der Waals surface area contributed by atoms with Crippen LogP contribution in [0.3, 0.4) is 0 Å². The van der Waals surface area contributed by atoms with Crippen LogP contribution in [0, 0.1) is 0 Å². The van der Waals surface area contributed by atoms with Crippen molar-refractivity contribution in [2.24, 2.45) is 0 Å². The second-order valence-electron chi connectivity index (χ2n) is 5.55. The van der Waals surface area contributed by atoms with Crippen LogP contribution in [-0.4, -0.2) is 46.1 Å². The van der Waals surface area contributed by atoms with Gasteiger partial charge in [0.1, 0.15) is 5.75 Å². The number of nitrogens with zero attached hydrogens (tertiary/aromatic N) is 1. The number of carbonyl (C=O) groups is 1. The molecule has 0 saturated heterocycles. The van der Waals surface area contributed by atoms with Crippen molar-refractivity contribution >= 4 is 27.7 Å². The average molecular weight is 395 g/mol. The van der Waals surface area contributed by atoms with E-state index in [0.29, 0.717) is 5.75 Å². The Bertz CT molecular complexity index is 881. The van der Waals surface area contributed by atoms with Crippen LogP contribution < -0.4 is 10.1 Å². The molecule has 2 aromatic rings. The zero-order valence-corrected chi connectivity index (χ0v) is 16.8. The van der Waals surface area contributed by atoms with Gasteiger partial charge in [0.15, 0.2) is 0 Å². The number of nitrogens with one attached hydrogen (secondary N) is 1. The Morgan fingerprint density at radius 1 is 1.19 bits per heavy atom. The molecule has 0 radical (unpaired) electrons. The first-order valence-corrected chi connectivity index (χ1v) is 10.5. The summed E-state index contributed by atoms with van der Waals surface area (Å²) in [4.78, 5) is 13.1. The average Bonchev–Trinajstić information content (AvgIpc) is 2.67. The number of ether oxygens (including phenoxy) is 1. The number of hydrogen-bond donors (Lipinski definition) is 1. The fourth-order valence-corrected chi connectivity index (χ4v) is 4.01. The molecule has 0 unspecified atom stereocenters. The highest BCUT2D eigenvalue weighted by atomic mass is 32.2. The summed E-state index contributed by atoms with van der Waals surface area (Å²) in [6, 6.07) is 12.0. The van der Waals surface area contributed by atoms with Gasteiger partial charge in [-0.3, -0.25) is 4.79 Å². The zero-order valence-electron chi connectivity index (χ0n) is 15.1. The molecule has 1 N–H and O–H groups in total. The Labute approximate surface area is 158 Å². The zero-order chi connectivity index (χ0) is 19.3. The maximum Gasteiger partial charge on any atom is 0.254 e. The van der Waals surface area contributed by atoms with Crippen LogP contribution in [0.2, 0.25) is 0 Å². The molecule has 0 heterocycles. The van der Waals surface area contributed by atoms with Crippen molar-refractivity contribution in [3.05, 3.63) is 53.6 Å². The topological polar surface area (TPSA) is 75.7 Å². The van der Waals surface area contributed by atoms with Crippen molar-refractivity contribution in [1.82, 2.24) is 9.62 Å². The summed E-state index contributed by atoms with van der Waals surface area (Å²) in [6.45, 7) is 0.234. The number of carbonyl (C=O) groups excluding carboxylic acids is 1. The highest BCUT2D eigenvalue weighted by Gasteiger charge is 2.23. The molecule has 8 heteroatoms. The van der Waals surface area contributed by atoms with E-state index in [4.69, 9.17) is 4.74 Å². The van der Waals surface area contributed by atoms with Crippen LogP contribution >= 0.6 is 11.8 Å². The standard InChI is InChI=1S/C18H22N2O4S2/c1-19-18(21)16-11-15(9-10-17(16)24-3)26(22,23)20(2)12-13-5-7-14(25-4)8-6-13/h5-11H,12H2,1-4H3,(H,19,21). The molecule has 2 aromatic carbocycles. The Morgan fingerprint density at radius 3 is 2.38 bits per heavy atom. The lowest BCUT2D eigenvalue weighted by Gasteiger charge is -2.18. The molecule has 0 aliphatic rings. The minimum atomic E-state index is -3.75. The summed E-state index contributed by atoms with van der Waals surface area (Å²) in [5.74, 6) is -0.0900. The van der Waals surface area contributed by atoms with E-state index in [1.54, 1.807) is 11.8 Å². The molecule has 26 heavy (non-hydrogen) atoms. The van der Waals surface area contributed by atoms with E-state index in [1.165, 1.54) is 43.7 Å². The first kappa shape index (κ1) is 20.3. The van der Waals surface area contributed by atoms with Crippen molar-refractivity contribution in [1.29, 1.82) is 0 Å². The molecule has 0 aliphatic carbocycles. The van der Waals surface area contributed by atoms with Crippen LogP contribution in [0.4, 0.5) is 0 Å². The molecule has 0 bridgehead atoms. The van der Waals surface area contributed by atoms with E-state index in [9.17, 15) is 13.2 Å². The van der Waals surface area contributed by atoms with Gasteiger partial charge < -0.3 is 10.1 Å². The largest absolute Gasteiger partial charge is 0.496 e. The molecule has 1 amide bonds. The lowest BCUT2D eigenvalue weighted by Crippen LogP contribution is -2.27. The number of hydrogen-bond acceptors (Lipinski definition) is 5. The molecule has 2 rings (SSSR count). The molecule has 0 spiro atoms. The lowest BCUT2D eigenvalue weighted by molar-refractivity contribution is 0.0960. The number of amides is 1. The normalized spacial score (nSPS) is 11.4. The van der Waals surface area contributed by atoms with Gasteiger partial charge in [0.05, 0.1) is 17.6 Å². The van der Waals surface area contributed by atoms with Gasteiger partial charge in [0.2, 0.25) is 10.0 Å². The van der Waals surface area contributed by atoms with Gasteiger partial charge in [-0.15, -0.1) is 11.8 Å². The van der Waals surface area contributed by atoms with E-state index in [0.717, 1.165) is 10.5 Å². The Kier molecular flexibility index (Phi) is 6.69. The molecule has 0 aliphatic heterocycles. The van der Waals surface area contributed by atoms with Crippen LogP contribution in [-0.2, 0) is 16.6 Å². The summed E-state index contributed by atoms with van der Waals surface area (Å²) in [5.41, 5.74) is 1.06. The summed E-state index contributed by atoms with van der Waals surface area (Å²) >= 11 is 1.63. The Balaban J connectivity index is 2.31. The molecule has 0 fully saturated rings. The highest BCUT2D eigenvalue weighted by molar-refractivity contribution is 7.98. The SMILES string of the molecule is CNC(=O)c1cc(S(=O)(=O)N(C)Cc2ccc(SC)cc2)ccc1OC. The van der Waals surface area contributed by atoms with Crippen LogP contribution in [0.5, 0.6) is 5.75 Å². The van der Waals surface area contributed by atoms with Crippen molar-refractivity contribution in [3.8, 4) is 5.75 Å². The van der Waals surface area contributed by atoms with Gasteiger partial charge in [0.25, 0.3) is 5.91 Å².